The van der Waals surface area contributed by atoms with Gasteiger partial charge in [0, 0.05) is 38.8 Å². The molecule has 0 N–H and O–H groups in total. The van der Waals surface area contributed by atoms with Crippen LogP contribution in [0.15, 0.2) is 197 Å². The third kappa shape index (κ3) is 4.76. The largest absolute Gasteiger partial charge is 0.456 e. The Morgan fingerprint density at radius 2 is 1.06 bits per heavy atom. The van der Waals surface area contributed by atoms with Crippen LogP contribution >= 0.6 is 0 Å². The molecule has 5 nitrogen and oxygen atoms in total. The van der Waals surface area contributed by atoms with E-state index in [0.717, 1.165) is 77.9 Å². The van der Waals surface area contributed by atoms with Gasteiger partial charge in [-0.3, -0.25) is 0 Å². The number of para-hydroxylation sites is 2. The summed E-state index contributed by atoms with van der Waals surface area (Å²) in [4.78, 5) is 7.40. The smallest absolute Gasteiger partial charge is 0.227 e. The molecule has 5 heteroatoms. The van der Waals surface area contributed by atoms with Crippen molar-refractivity contribution in [2.75, 3.05) is 4.90 Å². The van der Waals surface area contributed by atoms with Crippen molar-refractivity contribution in [2.45, 2.75) is 0 Å². The molecule has 0 unspecified atom stereocenters. The van der Waals surface area contributed by atoms with Crippen molar-refractivity contribution in [3.63, 3.8) is 0 Å². The van der Waals surface area contributed by atoms with Crippen molar-refractivity contribution >= 4 is 71.9 Å². The Morgan fingerprint density at radius 3 is 1.85 bits per heavy atom. The van der Waals surface area contributed by atoms with Crippen molar-refractivity contribution in [1.29, 1.82) is 0 Å². The predicted octanol–water partition coefficient (Wildman–Crippen LogP) is 13.6. The maximum absolute atomic E-state index is 6.46. The molecule has 3 aromatic heterocycles. The first kappa shape index (κ1) is 30.3. The maximum Gasteiger partial charge on any atom is 0.227 e. The van der Waals surface area contributed by atoms with Gasteiger partial charge in [0.1, 0.15) is 16.7 Å². The second-order valence-corrected chi connectivity index (χ2v) is 13.6. The van der Waals surface area contributed by atoms with Gasteiger partial charge >= 0.3 is 0 Å². The number of hydrogen-bond donors (Lipinski definition) is 0. The molecule has 0 saturated carbocycles. The third-order valence-electron chi connectivity index (χ3n) is 10.4. The highest BCUT2D eigenvalue weighted by atomic mass is 16.4. The molecule has 0 radical (unpaired) electrons. The van der Waals surface area contributed by atoms with Crippen LogP contribution in [0.4, 0.5) is 17.1 Å². The van der Waals surface area contributed by atoms with Gasteiger partial charge in [0.05, 0.1) is 22.1 Å². The molecule has 54 heavy (non-hydrogen) atoms. The SMILES string of the molecule is c1ccc(-c2ccc(N(c3ccc4oc5ccc6oc(-c7ccccc7)nc6c5c4c3)c3cccc4c3c3ccccc3n4-c3ccccc3)cc2)cc1. The van der Waals surface area contributed by atoms with Crippen molar-refractivity contribution in [1.82, 2.24) is 9.55 Å². The topological polar surface area (TPSA) is 47.3 Å². The predicted molar refractivity (Wildman–Crippen MR) is 221 cm³/mol. The van der Waals surface area contributed by atoms with Crippen LogP contribution in [0.1, 0.15) is 0 Å². The average molecular weight is 694 g/mol. The van der Waals surface area contributed by atoms with Gasteiger partial charge in [0.2, 0.25) is 5.89 Å². The van der Waals surface area contributed by atoms with Crippen LogP contribution in [0.25, 0.3) is 83.1 Å². The normalized spacial score (nSPS) is 11.7. The molecule has 0 fully saturated rings. The number of rotatable bonds is 6. The fourth-order valence-corrected chi connectivity index (χ4v) is 7.99. The Labute approximate surface area is 310 Å². The molecule has 254 valence electrons. The molecule has 0 aliphatic heterocycles. The van der Waals surface area contributed by atoms with Gasteiger partial charge in [-0.2, -0.15) is 0 Å². The highest BCUT2D eigenvalue weighted by Gasteiger charge is 2.23. The summed E-state index contributed by atoms with van der Waals surface area (Å²) in [5.41, 5.74) is 12.9. The summed E-state index contributed by atoms with van der Waals surface area (Å²) < 4.78 is 15.1. The van der Waals surface area contributed by atoms with E-state index >= 15 is 0 Å². The monoisotopic (exact) mass is 693 g/mol. The molecular weight excluding hydrogens is 663 g/mol. The van der Waals surface area contributed by atoms with Crippen LogP contribution in [-0.2, 0) is 0 Å². The zero-order valence-electron chi connectivity index (χ0n) is 29.1. The van der Waals surface area contributed by atoms with Gasteiger partial charge in [-0.1, -0.05) is 103 Å². The van der Waals surface area contributed by atoms with Crippen molar-refractivity contribution in [3.05, 3.63) is 188 Å². The number of anilines is 3. The van der Waals surface area contributed by atoms with Crippen LogP contribution in [0, 0.1) is 0 Å². The molecule has 0 aliphatic carbocycles. The molecular formula is C49H31N3O2. The first-order chi connectivity index (χ1) is 26.8. The van der Waals surface area contributed by atoms with E-state index in [1.54, 1.807) is 0 Å². The van der Waals surface area contributed by atoms with E-state index in [9.17, 15) is 0 Å². The lowest BCUT2D eigenvalue weighted by molar-refractivity contribution is 0.619. The van der Waals surface area contributed by atoms with Crippen LogP contribution in [0.5, 0.6) is 0 Å². The fraction of sp³-hybridized carbons (Fsp3) is 0. The van der Waals surface area contributed by atoms with Crippen molar-refractivity contribution in [3.8, 4) is 28.3 Å². The lowest BCUT2D eigenvalue weighted by Gasteiger charge is -2.27. The zero-order valence-corrected chi connectivity index (χ0v) is 29.1. The summed E-state index contributed by atoms with van der Waals surface area (Å²) in [5, 5.41) is 4.28. The number of nitrogens with zero attached hydrogens (tertiary/aromatic N) is 3. The molecule has 0 atom stereocenters. The average Bonchev–Trinajstić information content (AvgIpc) is 3.94. The van der Waals surface area contributed by atoms with Crippen LogP contribution in [0.2, 0.25) is 0 Å². The molecule has 3 heterocycles. The fourth-order valence-electron chi connectivity index (χ4n) is 7.99. The van der Waals surface area contributed by atoms with Crippen LogP contribution < -0.4 is 4.90 Å². The van der Waals surface area contributed by atoms with Crippen LogP contribution in [0.3, 0.4) is 0 Å². The Balaban J connectivity index is 1.17. The summed E-state index contributed by atoms with van der Waals surface area (Å²) in [6.45, 7) is 0. The number of hydrogen-bond acceptors (Lipinski definition) is 4. The van der Waals surface area contributed by atoms with Gasteiger partial charge in [-0.25, -0.2) is 4.98 Å². The second kappa shape index (κ2) is 12.1. The lowest BCUT2D eigenvalue weighted by Crippen LogP contribution is -2.10. The quantitative estimate of drug-likeness (QED) is 0.174. The molecule has 0 aliphatic rings. The number of fused-ring (bicyclic) bond motifs is 8. The van der Waals surface area contributed by atoms with E-state index in [1.807, 2.05) is 42.5 Å². The van der Waals surface area contributed by atoms with Crippen LogP contribution in [-0.4, -0.2) is 9.55 Å². The second-order valence-electron chi connectivity index (χ2n) is 13.6. The molecule has 8 aromatic carbocycles. The Bertz CT molecular complexity index is 3140. The van der Waals surface area contributed by atoms with Gasteiger partial charge in [-0.15, -0.1) is 0 Å². The first-order valence-corrected chi connectivity index (χ1v) is 18.1. The third-order valence-corrected chi connectivity index (χ3v) is 10.4. The maximum atomic E-state index is 6.46. The highest BCUT2D eigenvalue weighted by molar-refractivity contribution is 6.19. The Hall–Kier alpha value is -7.37. The van der Waals surface area contributed by atoms with Crippen molar-refractivity contribution in [2.24, 2.45) is 0 Å². The molecule has 0 saturated heterocycles. The van der Waals surface area contributed by atoms with E-state index in [-0.39, 0.29) is 0 Å². The minimum atomic E-state index is 0.588. The Kier molecular flexibility index (Phi) is 6.79. The number of aromatic nitrogens is 2. The van der Waals surface area contributed by atoms with E-state index in [2.05, 4.69) is 155 Å². The van der Waals surface area contributed by atoms with Gasteiger partial charge < -0.3 is 18.3 Å². The lowest BCUT2D eigenvalue weighted by atomic mass is 10.0. The summed E-state index contributed by atoms with van der Waals surface area (Å²) in [7, 11) is 0. The van der Waals surface area contributed by atoms with E-state index in [4.69, 9.17) is 13.8 Å². The summed E-state index contributed by atoms with van der Waals surface area (Å²) in [5.74, 6) is 0.588. The minimum absolute atomic E-state index is 0.588. The van der Waals surface area contributed by atoms with E-state index < -0.39 is 0 Å². The Morgan fingerprint density at radius 1 is 0.426 bits per heavy atom. The molecule has 11 rings (SSSR count). The summed E-state index contributed by atoms with van der Waals surface area (Å²) in [6.07, 6.45) is 0. The summed E-state index contributed by atoms with van der Waals surface area (Å²) in [6, 6.07) is 65.7. The molecule has 0 bridgehead atoms. The van der Waals surface area contributed by atoms with Gasteiger partial charge in [0.25, 0.3) is 0 Å². The standard InChI is InChI=1S/C49H31N3O2/c1-4-13-32(14-5-1)33-23-25-36(26-24-33)51(41-21-12-22-42-46(41)38-19-10-11-20-40(38)52(42)35-17-8-3-9-18-35)37-27-28-43-39(31-37)47-44(53-43)29-30-45-48(47)50-49(54-45)34-15-6-2-7-16-34/h1-31H. The molecule has 0 spiro atoms. The van der Waals surface area contributed by atoms with E-state index in [1.165, 1.54) is 16.3 Å². The molecule has 0 amide bonds. The zero-order chi connectivity index (χ0) is 35.6. The first-order valence-electron chi connectivity index (χ1n) is 18.1. The van der Waals surface area contributed by atoms with Crippen molar-refractivity contribution < 1.29 is 8.83 Å². The highest BCUT2D eigenvalue weighted by Crippen LogP contribution is 2.46. The minimum Gasteiger partial charge on any atom is -0.456 e. The van der Waals surface area contributed by atoms with Gasteiger partial charge in [-0.05, 0) is 96.1 Å². The number of benzene rings is 8. The molecule has 11 aromatic rings. The van der Waals surface area contributed by atoms with Gasteiger partial charge in [0.15, 0.2) is 5.58 Å². The summed E-state index contributed by atoms with van der Waals surface area (Å²) >= 11 is 0. The van der Waals surface area contributed by atoms with E-state index in [0.29, 0.717) is 5.89 Å². The number of oxazole rings is 1. The number of furan rings is 1.